The first-order valence-electron chi connectivity index (χ1n) is 8.79. The van der Waals surface area contributed by atoms with E-state index >= 15 is 0 Å². The SMILES string of the molecule is CS(=O)(=O)C1(CN=C(N)Nc2cccc3c2CCCC3)CCCC1.I. The second-order valence-electron chi connectivity index (χ2n) is 7.14. The molecule has 2 aliphatic rings. The number of guanidine groups is 1. The van der Waals surface area contributed by atoms with Crippen LogP contribution in [0.2, 0.25) is 0 Å². The van der Waals surface area contributed by atoms with Gasteiger partial charge in [0, 0.05) is 11.9 Å². The highest BCUT2D eigenvalue weighted by Gasteiger charge is 2.43. The van der Waals surface area contributed by atoms with E-state index in [9.17, 15) is 8.42 Å². The molecule has 0 saturated heterocycles. The summed E-state index contributed by atoms with van der Waals surface area (Å²) in [4.78, 5) is 4.39. The quantitative estimate of drug-likeness (QED) is 0.396. The predicted octanol–water partition coefficient (Wildman–Crippen LogP) is 3.27. The number of sulfone groups is 1. The van der Waals surface area contributed by atoms with E-state index in [1.54, 1.807) is 0 Å². The number of hydrogen-bond acceptors (Lipinski definition) is 3. The monoisotopic (exact) mass is 477 g/mol. The van der Waals surface area contributed by atoms with Crippen LogP contribution in [0.5, 0.6) is 0 Å². The number of halogens is 1. The number of fused-ring (bicyclic) bond motifs is 1. The first-order valence-corrected chi connectivity index (χ1v) is 10.7. The zero-order valence-corrected chi connectivity index (χ0v) is 17.9. The van der Waals surface area contributed by atoms with Gasteiger partial charge in [0.05, 0.1) is 11.3 Å². The largest absolute Gasteiger partial charge is 0.370 e. The van der Waals surface area contributed by atoms with Crippen molar-refractivity contribution in [3.8, 4) is 0 Å². The van der Waals surface area contributed by atoms with Gasteiger partial charge in [-0.2, -0.15) is 0 Å². The van der Waals surface area contributed by atoms with Gasteiger partial charge < -0.3 is 11.1 Å². The molecule has 0 aliphatic heterocycles. The summed E-state index contributed by atoms with van der Waals surface area (Å²) in [6, 6.07) is 6.23. The zero-order valence-electron chi connectivity index (χ0n) is 14.8. The molecule has 0 atom stereocenters. The molecule has 0 radical (unpaired) electrons. The Kier molecular flexibility index (Phi) is 6.75. The molecule has 1 fully saturated rings. The topological polar surface area (TPSA) is 84.5 Å². The Morgan fingerprint density at radius 3 is 2.56 bits per heavy atom. The molecule has 0 aromatic heterocycles. The number of nitrogens with one attached hydrogen (secondary N) is 1. The summed E-state index contributed by atoms with van der Waals surface area (Å²) in [6.07, 6.45) is 9.18. The van der Waals surface area contributed by atoms with Gasteiger partial charge in [-0.1, -0.05) is 25.0 Å². The third-order valence-corrected chi connectivity index (χ3v) is 7.61. The summed E-state index contributed by atoms with van der Waals surface area (Å²) in [7, 11) is -3.14. The molecule has 3 N–H and O–H groups in total. The van der Waals surface area contributed by atoms with Crippen LogP contribution in [-0.2, 0) is 22.7 Å². The van der Waals surface area contributed by atoms with Gasteiger partial charge in [-0.05, 0) is 55.7 Å². The van der Waals surface area contributed by atoms with Crippen LogP contribution in [0.1, 0.15) is 49.7 Å². The minimum Gasteiger partial charge on any atom is -0.370 e. The molecule has 1 aromatic rings. The van der Waals surface area contributed by atoms with Crippen molar-refractivity contribution in [1.82, 2.24) is 0 Å². The Bertz CT molecular complexity index is 741. The van der Waals surface area contributed by atoms with E-state index in [2.05, 4.69) is 16.4 Å². The van der Waals surface area contributed by atoms with Crippen molar-refractivity contribution in [3.05, 3.63) is 29.3 Å². The first-order chi connectivity index (χ1) is 11.4. The number of aliphatic imine (C=N–C) groups is 1. The molecule has 0 amide bonds. The van der Waals surface area contributed by atoms with Crippen molar-refractivity contribution in [3.63, 3.8) is 0 Å². The van der Waals surface area contributed by atoms with Gasteiger partial charge in [-0.15, -0.1) is 24.0 Å². The van der Waals surface area contributed by atoms with E-state index < -0.39 is 14.6 Å². The van der Waals surface area contributed by atoms with Gasteiger partial charge in [0.15, 0.2) is 15.8 Å². The number of nitrogens with zero attached hydrogens (tertiary/aromatic N) is 1. The Morgan fingerprint density at radius 1 is 1.20 bits per heavy atom. The summed E-state index contributed by atoms with van der Waals surface area (Å²) in [5.74, 6) is 0.309. The smallest absolute Gasteiger partial charge is 0.193 e. The lowest BCUT2D eigenvalue weighted by atomic mass is 9.90. The molecule has 5 nitrogen and oxygen atoms in total. The zero-order chi connectivity index (χ0) is 17.2. The second kappa shape index (κ2) is 8.24. The number of hydrogen-bond donors (Lipinski definition) is 2. The highest BCUT2D eigenvalue weighted by molar-refractivity contribution is 14.0. The average molecular weight is 477 g/mol. The van der Waals surface area contributed by atoms with E-state index in [1.165, 1.54) is 30.2 Å². The lowest BCUT2D eigenvalue weighted by molar-refractivity contribution is 0.521. The normalized spacial score (nSPS) is 19.8. The fraction of sp³-hybridized carbons (Fsp3) is 0.611. The van der Waals surface area contributed by atoms with Crippen molar-refractivity contribution in [2.75, 3.05) is 18.1 Å². The summed E-state index contributed by atoms with van der Waals surface area (Å²) < 4.78 is 23.6. The molecule has 1 saturated carbocycles. The standard InChI is InChI=1S/C18H27N3O2S.HI/c1-24(22,23)18(11-4-5-12-18)13-20-17(19)21-16-10-6-8-14-7-2-3-9-15(14)16;/h6,8,10H,2-5,7,9,11-13H2,1H3,(H3,19,20,21);1H. The van der Waals surface area contributed by atoms with E-state index in [4.69, 9.17) is 5.73 Å². The number of aryl methyl sites for hydroxylation is 1. The van der Waals surface area contributed by atoms with Gasteiger partial charge in [0.1, 0.15) is 0 Å². The average Bonchev–Trinajstić information content (AvgIpc) is 3.03. The summed E-state index contributed by atoms with van der Waals surface area (Å²) in [5.41, 5.74) is 9.77. The summed E-state index contributed by atoms with van der Waals surface area (Å²) in [5, 5.41) is 3.20. The van der Waals surface area contributed by atoms with E-state index in [-0.39, 0.29) is 30.5 Å². The molecule has 140 valence electrons. The fourth-order valence-corrected chi connectivity index (χ4v) is 5.30. The molecule has 0 bridgehead atoms. The Labute approximate surface area is 167 Å². The van der Waals surface area contributed by atoms with Gasteiger partial charge in [0.2, 0.25) is 0 Å². The lowest BCUT2D eigenvalue weighted by Crippen LogP contribution is -2.39. The minimum absolute atomic E-state index is 0. The van der Waals surface area contributed by atoms with Crippen molar-refractivity contribution in [2.45, 2.75) is 56.1 Å². The van der Waals surface area contributed by atoms with E-state index in [0.29, 0.717) is 18.8 Å². The fourth-order valence-electron chi connectivity index (χ4n) is 3.97. The number of nitrogens with two attached hydrogens (primary N) is 1. The third kappa shape index (κ3) is 4.48. The molecule has 0 spiro atoms. The molecule has 0 heterocycles. The van der Waals surface area contributed by atoms with Crippen molar-refractivity contribution >= 4 is 45.5 Å². The van der Waals surface area contributed by atoms with Crippen LogP contribution in [0, 0.1) is 0 Å². The highest BCUT2D eigenvalue weighted by atomic mass is 127. The van der Waals surface area contributed by atoms with Gasteiger partial charge in [-0.25, -0.2) is 8.42 Å². The Hall–Kier alpha value is -0.830. The molecule has 25 heavy (non-hydrogen) atoms. The van der Waals surface area contributed by atoms with Crippen LogP contribution >= 0.6 is 24.0 Å². The van der Waals surface area contributed by atoms with Crippen LogP contribution in [0.25, 0.3) is 0 Å². The summed E-state index contributed by atoms with van der Waals surface area (Å²) >= 11 is 0. The molecule has 1 aromatic carbocycles. The van der Waals surface area contributed by atoms with E-state index in [1.807, 2.05) is 12.1 Å². The third-order valence-electron chi connectivity index (χ3n) is 5.50. The molecule has 0 unspecified atom stereocenters. The maximum atomic E-state index is 12.2. The van der Waals surface area contributed by atoms with Crippen molar-refractivity contribution in [2.24, 2.45) is 10.7 Å². The molecular weight excluding hydrogens is 449 g/mol. The Morgan fingerprint density at radius 2 is 1.88 bits per heavy atom. The van der Waals surface area contributed by atoms with Crippen LogP contribution in [0.15, 0.2) is 23.2 Å². The Balaban J connectivity index is 0.00000225. The van der Waals surface area contributed by atoms with Crippen LogP contribution < -0.4 is 11.1 Å². The van der Waals surface area contributed by atoms with Gasteiger partial charge in [0.25, 0.3) is 0 Å². The van der Waals surface area contributed by atoms with Crippen molar-refractivity contribution < 1.29 is 8.42 Å². The molecule has 7 heteroatoms. The lowest BCUT2D eigenvalue weighted by Gasteiger charge is -2.25. The number of benzene rings is 1. The molecular formula is C18H28IN3O2S. The summed E-state index contributed by atoms with van der Waals surface area (Å²) in [6.45, 7) is 0.250. The van der Waals surface area contributed by atoms with Crippen LogP contribution in [-0.4, -0.2) is 31.9 Å². The number of anilines is 1. The highest BCUT2D eigenvalue weighted by Crippen LogP contribution is 2.36. The van der Waals surface area contributed by atoms with Gasteiger partial charge >= 0.3 is 0 Å². The van der Waals surface area contributed by atoms with Crippen LogP contribution in [0.3, 0.4) is 0 Å². The minimum atomic E-state index is -3.14. The van der Waals surface area contributed by atoms with Crippen LogP contribution in [0.4, 0.5) is 5.69 Å². The number of rotatable bonds is 4. The molecule has 2 aliphatic carbocycles. The second-order valence-corrected chi connectivity index (χ2v) is 9.55. The van der Waals surface area contributed by atoms with E-state index in [0.717, 1.165) is 31.4 Å². The maximum absolute atomic E-state index is 12.2. The molecule has 3 rings (SSSR count). The first kappa shape index (κ1) is 20.5. The maximum Gasteiger partial charge on any atom is 0.193 e. The van der Waals surface area contributed by atoms with Crippen molar-refractivity contribution in [1.29, 1.82) is 0 Å². The predicted molar refractivity (Wildman–Crippen MR) is 115 cm³/mol. The van der Waals surface area contributed by atoms with Gasteiger partial charge in [-0.3, -0.25) is 4.99 Å².